The van der Waals surface area contributed by atoms with Gasteiger partial charge in [-0.2, -0.15) is 0 Å². The Morgan fingerprint density at radius 3 is 1.30 bits per heavy atom. The van der Waals surface area contributed by atoms with Crippen LogP contribution in [0.25, 0.3) is 0 Å². The van der Waals surface area contributed by atoms with E-state index in [2.05, 4.69) is 20.8 Å². The molecule has 0 aromatic heterocycles. The molecule has 0 amide bonds. The Morgan fingerprint density at radius 2 is 0.838 bits per heavy atom. The molecule has 0 saturated heterocycles. The molecule has 0 radical (unpaired) electrons. The van der Waals surface area contributed by atoms with E-state index in [0.29, 0.717) is 6.42 Å². The van der Waals surface area contributed by atoms with Gasteiger partial charge in [0.25, 0.3) is 0 Å². The van der Waals surface area contributed by atoms with Crippen LogP contribution in [-0.2, 0) is 27.2 Å². The van der Waals surface area contributed by atoms with Crippen molar-refractivity contribution in [2.24, 2.45) is 0 Å². The van der Waals surface area contributed by atoms with E-state index >= 15 is 0 Å². The normalized spacial score (nSPS) is 15.9. The van der Waals surface area contributed by atoms with Gasteiger partial charge in [0.2, 0.25) is 0 Å². The maximum Gasteiger partial charge on any atom is 0.472 e. The molecular formula is C27H58O8P2. The van der Waals surface area contributed by atoms with Crippen molar-refractivity contribution in [3.63, 3.8) is 0 Å². The van der Waals surface area contributed by atoms with Crippen LogP contribution < -0.4 is 0 Å². The van der Waals surface area contributed by atoms with Gasteiger partial charge in [-0.1, -0.05) is 124 Å². The first-order chi connectivity index (χ1) is 17.8. The summed E-state index contributed by atoms with van der Waals surface area (Å²) in [5.74, 6) is 0. The van der Waals surface area contributed by atoms with Crippen LogP contribution in [0.3, 0.4) is 0 Å². The van der Waals surface area contributed by atoms with Crippen molar-refractivity contribution in [2.45, 2.75) is 155 Å². The van der Waals surface area contributed by atoms with Crippen molar-refractivity contribution < 1.29 is 37.0 Å². The van der Waals surface area contributed by atoms with Gasteiger partial charge in [-0.15, -0.1) is 0 Å². The Hall–Kier alpha value is 0.220. The van der Waals surface area contributed by atoms with Gasteiger partial charge in [-0.25, -0.2) is 9.13 Å². The zero-order valence-electron chi connectivity index (χ0n) is 24.1. The minimum absolute atomic E-state index is 0.106. The summed E-state index contributed by atoms with van der Waals surface area (Å²) in [6, 6.07) is 0. The largest absolute Gasteiger partial charge is 0.472 e. The second kappa shape index (κ2) is 25.2. The van der Waals surface area contributed by atoms with Crippen LogP contribution in [0.2, 0.25) is 0 Å². The molecule has 0 rings (SSSR count). The van der Waals surface area contributed by atoms with E-state index in [1.54, 1.807) is 0 Å². The molecule has 0 heterocycles. The van der Waals surface area contributed by atoms with Crippen molar-refractivity contribution >= 4 is 15.6 Å². The lowest BCUT2D eigenvalue weighted by Crippen LogP contribution is -2.13. The molecular weight excluding hydrogens is 514 g/mol. The van der Waals surface area contributed by atoms with Gasteiger partial charge >= 0.3 is 15.6 Å². The number of phosphoric acid groups is 2. The van der Waals surface area contributed by atoms with E-state index in [1.165, 1.54) is 64.2 Å². The third-order valence-corrected chi connectivity index (χ3v) is 8.43. The summed E-state index contributed by atoms with van der Waals surface area (Å²) in [5.41, 5.74) is 0. The summed E-state index contributed by atoms with van der Waals surface area (Å²) < 4.78 is 45.0. The molecule has 0 aromatic rings. The second-order valence-electron chi connectivity index (χ2n) is 10.0. The van der Waals surface area contributed by atoms with Crippen LogP contribution in [0.5, 0.6) is 0 Å². The zero-order chi connectivity index (χ0) is 27.7. The number of hydrogen-bond donors (Lipinski definition) is 2. The summed E-state index contributed by atoms with van der Waals surface area (Å²) in [6.45, 7) is 6.49. The van der Waals surface area contributed by atoms with E-state index in [-0.39, 0.29) is 32.3 Å². The van der Waals surface area contributed by atoms with E-state index in [4.69, 9.17) is 18.1 Å². The molecule has 2 N–H and O–H groups in total. The lowest BCUT2D eigenvalue weighted by Gasteiger charge is -2.21. The molecule has 0 saturated carbocycles. The van der Waals surface area contributed by atoms with Crippen molar-refractivity contribution in [3.8, 4) is 0 Å². The lowest BCUT2D eigenvalue weighted by molar-refractivity contribution is 0.0855. The topological polar surface area (TPSA) is 112 Å². The average Bonchev–Trinajstić information content (AvgIpc) is 2.84. The highest BCUT2D eigenvalue weighted by molar-refractivity contribution is 7.47. The number of phosphoric ester groups is 2. The van der Waals surface area contributed by atoms with Gasteiger partial charge in [0.15, 0.2) is 0 Å². The van der Waals surface area contributed by atoms with E-state index < -0.39 is 15.6 Å². The molecule has 0 aliphatic heterocycles. The smallest absolute Gasteiger partial charge is 0.302 e. The first-order valence-electron chi connectivity index (χ1n) is 15.0. The molecule has 0 bridgehead atoms. The Bertz CT molecular complexity index is 591. The third-order valence-electron chi connectivity index (χ3n) is 6.34. The van der Waals surface area contributed by atoms with Gasteiger partial charge < -0.3 is 9.79 Å². The number of hydrogen-bond acceptors (Lipinski definition) is 6. The molecule has 0 aliphatic rings. The zero-order valence-corrected chi connectivity index (χ0v) is 25.9. The molecule has 37 heavy (non-hydrogen) atoms. The SMILES string of the molecule is CCCCCCCCOP(=O)(O)OCCCOP(=O)(O)OC(CCCCCCC)CCCCCCCC. The van der Waals surface area contributed by atoms with Crippen LogP contribution in [0.4, 0.5) is 0 Å². The Balaban J connectivity index is 4.23. The third kappa shape index (κ3) is 26.2. The van der Waals surface area contributed by atoms with Gasteiger partial charge in [0.1, 0.15) is 0 Å². The summed E-state index contributed by atoms with van der Waals surface area (Å²) >= 11 is 0. The monoisotopic (exact) mass is 572 g/mol. The van der Waals surface area contributed by atoms with Crippen LogP contribution >= 0.6 is 15.6 Å². The molecule has 0 aliphatic carbocycles. The summed E-state index contributed by atoms with van der Waals surface area (Å²) in [7, 11) is -8.33. The van der Waals surface area contributed by atoms with Crippen LogP contribution in [-0.4, -0.2) is 35.7 Å². The van der Waals surface area contributed by atoms with Crippen molar-refractivity contribution in [1.29, 1.82) is 0 Å². The van der Waals surface area contributed by atoms with Gasteiger partial charge in [-0.3, -0.25) is 18.1 Å². The molecule has 8 nitrogen and oxygen atoms in total. The van der Waals surface area contributed by atoms with Crippen molar-refractivity contribution in [2.75, 3.05) is 19.8 Å². The molecule has 0 spiro atoms. The summed E-state index contributed by atoms with van der Waals surface area (Å²) in [6.07, 6.45) is 20.3. The highest BCUT2D eigenvalue weighted by atomic mass is 31.2. The predicted octanol–water partition coefficient (Wildman–Crippen LogP) is 9.48. The predicted molar refractivity (Wildman–Crippen MR) is 152 cm³/mol. The van der Waals surface area contributed by atoms with Crippen LogP contribution in [0.1, 0.15) is 149 Å². The molecule has 0 aromatic carbocycles. The maximum absolute atomic E-state index is 12.5. The Kier molecular flexibility index (Phi) is 25.4. The van der Waals surface area contributed by atoms with E-state index in [0.717, 1.165) is 51.4 Å². The Labute approximate surface area is 227 Å². The quantitative estimate of drug-likeness (QED) is 0.0673. The maximum atomic E-state index is 12.5. The summed E-state index contributed by atoms with van der Waals surface area (Å²) in [5, 5.41) is 0. The van der Waals surface area contributed by atoms with Crippen LogP contribution in [0, 0.1) is 0 Å². The summed E-state index contributed by atoms with van der Waals surface area (Å²) in [4.78, 5) is 20.0. The molecule has 3 unspecified atom stereocenters. The standard InChI is InChI=1S/C27H58O8P2/c1-4-7-10-13-16-19-23-27(22-18-15-12-9-6-3)35-37(30,31)34-26-21-25-33-36(28,29)32-24-20-17-14-11-8-5-2/h27H,4-26H2,1-3H3,(H,28,29)(H,30,31). The van der Waals surface area contributed by atoms with E-state index in [9.17, 15) is 18.9 Å². The first-order valence-corrected chi connectivity index (χ1v) is 18.0. The van der Waals surface area contributed by atoms with Crippen LogP contribution in [0.15, 0.2) is 0 Å². The van der Waals surface area contributed by atoms with Gasteiger partial charge in [0, 0.05) is 0 Å². The highest BCUT2D eigenvalue weighted by Gasteiger charge is 2.26. The molecule has 3 atom stereocenters. The van der Waals surface area contributed by atoms with Gasteiger partial charge in [0.05, 0.1) is 25.9 Å². The van der Waals surface area contributed by atoms with Gasteiger partial charge in [-0.05, 0) is 25.7 Å². The Morgan fingerprint density at radius 1 is 0.486 bits per heavy atom. The lowest BCUT2D eigenvalue weighted by atomic mass is 10.0. The van der Waals surface area contributed by atoms with E-state index in [1.807, 2.05) is 0 Å². The second-order valence-corrected chi connectivity index (χ2v) is 12.9. The number of unbranched alkanes of at least 4 members (excludes halogenated alkanes) is 14. The minimum atomic E-state index is -4.21. The highest BCUT2D eigenvalue weighted by Crippen LogP contribution is 2.47. The molecule has 224 valence electrons. The fraction of sp³-hybridized carbons (Fsp3) is 1.00. The first kappa shape index (κ1) is 37.2. The fourth-order valence-corrected chi connectivity index (χ4v) is 5.92. The fourth-order valence-electron chi connectivity index (χ4n) is 4.11. The van der Waals surface area contributed by atoms with Crippen molar-refractivity contribution in [1.82, 2.24) is 0 Å². The molecule has 10 heteroatoms. The minimum Gasteiger partial charge on any atom is -0.302 e. The van der Waals surface area contributed by atoms with Crippen molar-refractivity contribution in [3.05, 3.63) is 0 Å². The number of rotatable bonds is 29. The average molecular weight is 573 g/mol. The molecule has 0 fully saturated rings.